The summed E-state index contributed by atoms with van der Waals surface area (Å²) in [5.74, 6) is 0. The van der Waals surface area contributed by atoms with Gasteiger partial charge in [-0.2, -0.15) is 0 Å². The lowest BCUT2D eigenvalue weighted by Crippen LogP contribution is -2.11. The molecule has 98 valence electrons. The number of nitro benzene ring substituents is 1. The van der Waals surface area contributed by atoms with Crippen molar-refractivity contribution in [1.82, 2.24) is 0 Å². The Kier molecular flexibility index (Phi) is 2.70. The zero-order valence-electron chi connectivity index (χ0n) is 10.1. The predicted molar refractivity (Wildman–Crippen MR) is 67.5 cm³/mol. The molecule has 0 fully saturated rings. The van der Waals surface area contributed by atoms with E-state index < -0.39 is 11.0 Å². The third-order valence-electron chi connectivity index (χ3n) is 3.43. The van der Waals surface area contributed by atoms with Gasteiger partial charge in [0.15, 0.2) is 0 Å². The van der Waals surface area contributed by atoms with E-state index in [9.17, 15) is 15.3 Å². The minimum atomic E-state index is -0.448. The maximum atomic E-state index is 11.7. The zero-order chi connectivity index (χ0) is 13.4. The molecule has 2 aliphatic rings. The van der Waals surface area contributed by atoms with Crippen molar-refractivity contribution in [2.75, 3.05) is 0 Å². The van der Waals surface area contributed by atoms with E-state index in [4.69, 9.17) is 4.84 Å². The third-order valence-corrected chi connectivity index (χ3v) is 3.43. The van der Waals surface area contributed by atoms with Crippen LogP contribution in [0, 0.1) is 15.3 Å². The first-order valence-electron chi connectivity index (χ1n) is 6.11. The third kappa shape index (κ3) is 1.95. The number of hydrogen-bond donors (Lipinski definition) is 0. The molecule has 1 aromatic rings. The lowest BCUT2D eigenvalue weighted by Gasteiger charge is -2.14. The summed E-state index contributed by atoms with van der Waals surface area (Å²) >= 11 is 0. The molecule has 0 amide bonds. The number of non-ortho nitro benzene ring substituents is 1. The van der Waals surface area contributed by atoms with Crippen molar-refractivity contribution in [3.05, 3.63) is 56.8 Å². The van der Waals surface area contributed by atoms with Crippen LogP contribution in [0.3, 0.4) is 0 Å². The van der Waals surface area contributed by atoms with E-state index in [1.165, 1.54) is 12.1 Å². The van der Waals surface area contributed by atoms with Crippen molar-refractivity contribution in [2.45, 2.75) is 25.4 Å². The molecule has 0 radical (unpaired) electrons. The maximum absolute atomic E-state index is 11.7. The van der Waals surface area contributed by atoms with Gasteiger partial charge < -0.3 is 4.84 Å². The van der Waals surface area contributed by atoms with E-state index in [-0.39, 0.29) is 5.69 Å². The smallest absolute Gasteiger partial charge is 0.269 e. The lowest BCUT2D eigenvalue weighted by molar-refractivity contribution is -0.743. The first kappa shape index (κ1) is 11.7. The highest BCUT2D eigenvalue weighted by Crippen LogP contribution is 2.36. The Morgan fingerprint density at radius 1 is 1.32 bits per heavy atom. The van der Waals surface area contributed by atoms with Crippen molar-refractivity contribution in [3.8, 4) is 0 Å². The molecule has 0 saturated heterocycles. The average Bonchev–Trinajstić information content (AvgIpc) is 2.77. The van der Waals surface area contributed by atoms with Crippen LogP contribution in [0.2, 0.25) is 0 Å². The van der Waals surface area contributed by atoms with E-state index in [0.29, 0.717) is 10.6 Å². The van der Waals surface area contributed by atoms with Crippen LogP contribution >= 0.6 is 0 Å². The molecular formula is C13H12N2O4. The van der Waals surface area contributed by atoms with Crippen LogP contribution in [0.1, 0.15) is 30.9 Å². The van der Waals surface area contributed by atoms with E-state index >= 15 is 0 Å². The van der Waals surface area contributed by atoms with Crippen LogP contribution in [0.25, 0.3) is 0 Å². The largest absolute Gasteiger partial charge is 0.390 e. The number of hydrogen-bond acceptors (Lipinski definition) is 4. The Bertz CT molecular complexity index is 589. The average molecular weight is 260 g/mol. The summed E-state index contributed by atoms with van der Waals surface area (Å²) in [6.45, 7) is 0. The van der Waals surface area contributed by atoms with Crippen LogP contribution in [-0.2, 0) is 4.84 Å². The van der Waals surface area contributed by atoms with Gasteiger partial charge in [-0.1, -0.05) is 18.2 Å². The number of allylic oxidation sites excluding steroid dienone is 1. The van der Waals surface area contributed by atoms with Crippen LogP contribution in [-0.4, -0.2) is 15.5 Å². The molecule has 1 atom stereocenters. The summed E-state index contributed by atoms with van der Waals surface area (Å²) in [6.07, 6.45) is 4.18. The topological polar surface area (TPSA) is 78.4 Å². The number of benzene rings is 1. The lowest BCUT2D eigenvalue weighted by atomic mass is 9.91. The highest BCUT2D eigenvalue weighted by Gasteiger charge is 2.35. The second-order valence-corrected chi connectivity index (χ2v) is 4.59. The van der Waals surface area contributed by atoms with Gasteiger partial charge in [-0.3, -0.25) is 15.3 Å². The standard InChI is InChI=1S/C13H12N2O4/c16-14(17)10-7-5-9(6-8-10)13-11-3-1-2-4-12(11)15(18)19-13/h3,5-8,13H,1-2,4H2. The van der Waals surface area contributed by atoms with E-state index in [0.717, 1.165) is 30.4 Å². The molecular weight excluding hydrogens is 248 g/mol. The highest BCUT2D eigenvalue weighted by atomic mass is 16.9. The fourth-order valence-electron chi connectivity index (χ4n) is 2.47. The summed E-state index contributed by atoms with van der Waals surface area (Å²) in [7, 11) is 0. The molecule has 1 heterocycles. The van der Waals surface area contributed by atoms with Crippen molar-refractivity contribution < 1.29 is 14.7 Å². The monoisotopic (exact) mass is 260 g/mol. The second-order valence-electron chi connectivity index (χ2n) is 4.59. The highest BCUT2D eigenvalue weighted by molar-refractivity contribution is 5.98. The quantitative estimate of drug-likeness (QED) is 0.465. The molecule has 0 N–H and O–H groups in total. The summed E-state index contributed by atoms with van der Waals surface area (Å²) in [5.41, 5.74) is 2.36. The fourth-order valence-corrected chi connectivity index (χ4v) is 2.47. The van der Waals surface area contributed by atoms with Crippen molar-refractivity contribution in [1.29, 1.82) is 0 Å². The van der Waals surface area contributed by atoms with Crippen molar-refractivity contribution >= 4 is 11.4 Å². The van der Waals surface area contributed by atoms with E-state index in [1.807, 2.05) is 6.08 Å². The van der Waals surface area contributed by atoms with Crippen LogP contribution in [0.4, 0.5) is 5.69 Å². The van der Waals surface area contributed by atoms with Gasteiger partial charge in [-0.05, 0) is 18.4 Å². The molecule has 1 aliphatic heterocycles. The van der Waals surface area contributed by atoms with Crippen LogP contribution in [0.15, 0.2) is 35.9 Å². The Morgan fingerprint density at radius 2 is 2.05 bits per heavy atom. The zero-order valence-corrected chi connectivity index (χ0v) is 10.1. The van der Waals surface area contributed by atoms with Gasteiger partial charge in [-0.15, -0.1) is 0 Å². The first-order valence-corrected chi connectivity index (χ1v) is 6.11. The van der Waals surface area contributed by atoms with Crippen LogP contribution in [0.5, 0.6) is 0 Å². The van der Waals surface area contributed by atoms with Gasteiger partial charge in [0.1, 0.15) is 6.10 Å². The molecule has 6 heteroatoms. The SMILES string of the molecule is O=[N+]([O-])c1ccc(C2O[N+]([O-])=C3CCCC=C32)cc1. The van der Waals surface area contributed by atoms with Gasteiger partial charge in [-0.25, -0.2) is 0 Å². The molecule has 3 rings (SSSR count). The Morgan fingerprint density at radius 3 is 2.74 bits per heavy atom. The minimum absolute atomic E-state index is 0.0301. The molecule has 1 aromatic carbocycles. The Balaban J connectivity index is 1.92. The van der Waals surface area contributed by atoms with E-state index in [2.05, 4.69) is 0 Å². The van der Waals surface area contributed by atoms with Gasteiger partial charge in [0, 0.05) is 29.0 Å². The number of fused-ring (bicyclic) bond motifs is 1. The molecule has 0 aromatic heterocycles. The van der Waals surface area contributed by atoms with Gasteiger partial charge >= 0.3 is 0 Å². The van der Waals surface area contributed by atoms with Crippen LogP contribution < -0.4 is 0 Å². The van der Waals surface area contributed by atoms with Gasteiger partial charge in [0.05, 0.1) is 4.92 Å². The summed E-state index contributed by atoms with van der Waals surface area (Å²) in [5, 5.41) is 22.3. The van der Waals surface area contributed by atoms with Crippen molar-refractivity contribution in [2.24, 2.45) is 0 Å². The Labute approximate surface area is 109 Å². The molecule has 6 nitrogen and oxygen atoms in total. The second kappa shape index (κ2) is 4.38. The Hall–Kier alpha value is -2.37. The summed E-state index contributed by atoms with van der Waals surface area (Å²) in [4.78, 5) is 16.0. The maximum Gasteiger partial charge on any atom is 0.269 e. The molecule has 19 heavy (non-hydrogen) atoms. The molecule has 0 spiro atoms. The molecule has 1 unspecified atom stereocenters. The summed E-state index contributed by atoms with van der Waals surface area (Å²) < 4.78 is 0. The van der Waals surface area contributed by atoms with Crippen molar-refractivity contribution in [3.63, 3.8) is 0 Å². The number of rotatable bonds is 2. The number of nitro groups is 1. The normalized spacial score (nSPS) is 21.7. The molecule has 1 aliphatic carbocycles. The van der Waals surface area contributed by atoms with Gasteiger partial charge in [0.2, 0.25) is 5.71 Å². The fraction of sp³-hybridized carbons (Fsp3) is 0.308. The first-order chi connectivity index (χ1) is 9.16. The van der Waals surface area contributed by atoms with E-state index in [1.54, 1.807) is 12.1 Å². The minimum Gasteiger partial charge on any atom is -0.390 e. The van der Waals surface area contributed by atoms with Gasteiger partial charge in [0.25, 0.3) is 5.69 Å². The molecule has 0 bridgehead atoms. The molecule has 0 saturated carbocycles. The predicted octanol–water partition coefficient (Wildman–Crippen LogP) is 2.64. The number of nitrogens with zero attached hydrogens (tertiary/aromatic N) is 2. The summed E-state index contributed by atoms with van der Waals surface area (Å²) in [6, 6.07) is 6.12.